The van der Waals surface area contributed by atoms with Gasteiger partial charge in [0.1, 0.15) is 5.69 Å². The van der Waals surface area contributed by atoms with Crippen molar-refractivity contribution in [3.8, 4) is 17.1 Å². The number of pyridine rings is 2. The molecule has 4 aromatic rings. The highest BCUT2D eigenvalue weighted by Crippen LogP contribution is 2.25. The van der Waals surface area contributed by atoms with Gasteiger partial charge in [0.25, 0.3) is 0 Å². The second-order valence-corrected chi connectivity index (χ2v) is 6.25. The normalized spacial score (nSPS) is 11.3. The fraction of sp³-hybridized carbons (Fsp3) is 0.0526. The predicted molar refractivity (Wildman–Crippen MR) is 102 cm³/mol. The average molecular weight is 362 g/mol. The fourth-order valence-electron chi connectivity index (χ4n) is 2.60. The number of hydrogen-bond donors (Lipinski definition) is 0. The van der Waals surface area contributed by atoms with E-state index in [4.69, 9.17) is 4.74 Å². The van der Waals surface area contributed by atoms with Crippen molar-refractivity contribution in [2.45, 2.75) is 0 Å². The first-order valence-corrected chi connectivity index (χ1v) is 8.73. The van der Waals surface area contributed by atoms with Crippen LogP contribution in [0.5, 0.6) is 5.75 Å². The number of thiazole rings is 1. The van der Waals surface area contributed by atoms with Crippen LogP contribution in [-0.4, -0.2) is 26.5 Å². The molecule has 0 aliphatic rings. The van der Waals surface area contributed by atoms with Crippen LogP contribution < -0.4 is 10.3 Å². The molecule has 4 heterocycles. The third-order valence-corrected chi connectivity index (χ3v) is 4.63. The van der Waals surface area contributed by atoms with E-state index in [9.17, 15) is 4.79 Å². The van der Waals surface area contributed by atoms with E-state index in [1.807, 2.05) is 41.8 Å². The lowest BCUT2D eigenvalue weighted by atomic mass is 10.2. The Hall–Kier alpha value is -3.32. The first-order chi connectivity index (χ1) is 12.8. The predicted octanol–water partition coefficient (Wildman–Crippen LogP) is 3.39. The summed E-state index contributed by atoms with van der Waals surface area (Å²) in [6.45, 7) is 0. The smallest absolute Gasteiger partial charge is 0.302 e. The summed E-state index contributed by atoms with van der Waals surface area (Å²) in [6.07, 6.45) is 8.75. The average Bonchev–Trinajstić information content (AvgIpc) is 3.12. The third-order valence-electron chi connectivity index (χ3n) is 3.80. The van der Waals surface area contributed by atoms with Crippen LogP contribution in [0.25, 0.3) is 28.5 Å². The molecule has 128 valence electrons. The van der Waals surface area contributed by atoms with E-state index >= 15 is 0 Å². The van der Waals surface area contributed by atoms with Gasteiger partial charge in [0.2, 0.25) is 5.75 Å². The molecule has 0 saturated heterocycles. The van der Waals surface area contributed by atoms with Crippen LogP contribution in [0.2, 0.25) is 0 Å². The molecule has 0 aliphatic heterocycles. The van der Waals surface area contributed by atoms with Gasteiger partial charge < -0.3 is 4.74 Å². The number of fused-ring (bicyclic) bond motifs is 1. The van der Waals surface area contributed by atoms with Crippen molar-refractivity contribution in [2.75, 3.05) is 7.11 Å². The molecule has 4 aromatic heterocycles. The van der Waals surface area contributed by atoms with Crippen molar-refractivity contribution in [2.24, 2.45) is 0 Å². The number of ether oxygens (including phenoxy) is 1. The van der Waals surface area contributed by atoms with Gasteiger partial charge in [0, 0.05) is 24.0 Å². The minimum Gasteiger partial charge on any atom is -0.490 e. The Morgan fingerprint density at radius 3 is 2.81 bits per heavy atom. The van der Waals surface area contributed by atoms with Crippen molar-refractivity contribution >= 4 is 28.4 Å². The molecule has 0 N–H and O–H groups in total. The van der Waals surface area contributed by atoms with Gasteiger partial charge in [-0.25, -0.2) is 9.38 Å². The summed E-state index contributed by atoms with van der Waals surface area (Å²) in [4.78, 5) is 26.5. The lowest BCUT2D eigenvalue weighted by Crippen LogP contribution is -2.18. The largest absolute Gasteiger partial charge is 0.490 e. The second-order valence-electron chi connectivity index (χ2n) is 5.41. The van der Waals surface area contributed by atoms with Crippen LogP contribution in [0.4, 0.5) is 0 Å². The summed E-state index contributed by atoms with van der Waals surface area (Å²) in [6, 6.07) is 9.34. The Labute approximate surface area is 153 Å². The highest BCUT2D eigenvalue weighted by molar-refractivity contribution is 7.15. The molecule has 0 saturated carbocycles. The van der Waals surface area contributed by atoms with E-state index in [0.29, 0.717) is 22.0 Å². The maximum atomic E-state index is 13.0. The van der Waals surface area contributed by atoms with Crippen LogP contribution in [0.15, 0.2) is 59.1 Å². The number of nitrogens with zero attached hydrogens (tertiary/aromatic N) is 4. The molecule has 0 atom stereocenters. The maximum Gasteiger partial charge on any atom is 0.302 e. The Morgan fingerprint density at radius 1 is 1.15 bits per heavy atom. The molecule has 0 spiro atoms. The Bertz CT molecular complexity index is 1130. The van der Waals surface area contributed by atoms with Gasteiger partial charge >= 0.3 is 5.56 Å². The summed E-state index contributed by atoms with van der Waals surface area (Å²) in [7, 11) is 1.47. The zero-order chi connectivity index (χ0) is 17.9. The summed E-state index contributed by atoms with van der Waals surface area (Å²) in [5.74, 6) is 0.193. The van der Waals surface area contributed by atoms with E-state index in [1.54, 1.807) is 24.7 Å². The summed E-state index contributed by atoms with van der Waals surface area (Å²) in [5.41, 5.74) is 2.55. The molecular formula is C19H14N4O2S. The number of rotatable bonds is 4. The minimum absolute atomic E-state index is 0.193. The summed E-state index contributed by atoms with van der Waals surface area (Å²) < 4.78 is 6.89. The SMILES string of the molecule is COc1c(/C=C/c2cccnc2)nc2scc(-c3ccccn3)n2c1=O. The first-order valence-electron chi connectivity index (χ1n) is 7.85. The highest BCUT2D eigenvalue weighted by Gasteiger charge is 2.16. The van der Waals surface area contributed by atoms with Crippen LogP contribution in [0.1, 0.15) is 11.3 Å². The number of methoxy groups -OCH3 is 1. The number of aromatic nitrogens is 4. The molecule has 6 nitrogen and oxygen atoms in total. The Morgan fingerprint density at radius 2 is 2.08 bits per heavy atom. The van der Waals surface area contributed by atoms with Crippen LogP contribution in [0.3, 0.4) is 0 Å². The van der Waals surface area contributed by atoms with E-state index in [1.165, 1.54) is 22.8 Å². The molecule has 4 rings (SSSR count). The molecule has 26 heavy (non-hydrogen) atoms. The van der Waals surface area contributed by atoms with Gasteiger partial charge in [-0.15, -0.1) is 11.3 Å². The monoisotopic (exact) mass is 362 g/mol. The Kier molecular flexibility index (Phi) is 4.28. The Balaban J connectivity index is 1.87. The minimum atomic E-state index is -0.259. The molecule has 0 amide bonds. The molecule has 0 unspecified atom stereocenters. The van der Waals surface area contributed by atoms with Crippen molar-refractivity contribution in [1.82, 2.24) is 19.4 Å². The zero-order valence-corrected chi connectivity index (χ0v) is 14.7. The van der Waals surface area contributed by atoms with Crippen LogP contribution >= 0.6 is 11.3 Å². The van der Waals surface area contributed by atoms with Gasteiger partial charge in [0.15, 0.2) is 4.96 Å². The standard InChI is InChI=1S/C19H14N4O2S/c1-25-17-15(8-7-13-5-4-9-20-11-13)22-19-23(18(17)24)16(12-26-19)14-6-2-3-10-21-14/h2-12H,1H3/b8-7+. The lowest BCUT2D eigenvalue weighted by molar-refractivity contribution is 0.404. The molecule has 0 aliphatic carbocycles. The van der Waals surface area contributed by atoms with Crippen LogP contribution in [0, 0.1) is 0 Å². The summed E-state index contributed by atoms with van der Waals surface area (Å²) >= 11 is 1.39. The van der Waals surface area contributed by atoms with Gasteiger partial charge in [-0.05, 0) is 29.8 Å². The first kappa shape index (κ1) is 16.2. The van der Waals surface area contributed by atoms with Gasteiger partial charge in [-0.3, -0.25) is 14.8 Å². The van der Waals surface area contributed by atoms with Crippen molar-refractivity contribution in [3.63, 3.8) is 0 Å². The van der Waals surface area contributed by atoms with Crippen LogP contribution in [-0.2, 0) is 0 Å². The second kappa shape index (κ2) is 6.89. The van der Waals surface area contributed by atoms with Crippen molar-refractivity contribution in [1.29, 1.82) is 0 Å². The molecule has 7 heteroatoms. The highest BCUT2D eigenvalue weighted by atomic mass is 32.1. The third kappa shape index (κ3) is 2.89. The quantitative estimate of drug-likeness (QED) is 0.557. The van der Waals surface area contributed by atoms with E-state index in [-0.39, 0.29) is 11.3 Å². The van der Waals surface area contributed by atoms with E-state index in [0.717, 1.165) is 5.56 Å². The zero-order valence-electron chi connectivity index (χ0n) is 13.9. The molecule has 0 fully saturated rings. The lowest BCUT2D eigenvalue weighted by Gasteiger charge is -2.06. The molecule has 0 bridgehead atoms. The van der Waals surface area contributed by atoms with Crippen molar-refractivity contribution < 1.29 is 4.74 Å². The van der Waals surface area contributed by atoms with Crippen molar-refractivity contribution in [3.05, 3.63) is 75.9 Å². The van der Waals surface area contributed by atoms with Gasteiger partial charge in [0.05, 0.1) is 18.5 Å². The van der Waals surface area contributed by atoms with Gasteiger partial charge in [-0.2, -0.15) is 0 Å². The van der Waals surface area contributed by atoms with Gasteiger partial charge in [-0.1, -0.05) is 18.2 Å². The molecular weight excluding hydrogens is 348 g/mol. The topological polar surface area (TPSA) is 69.4 Å². The van der Waals surface area contributed by atoms with E-state index in [2.05, 4.69) is 15.0 Å². The fourth-order valence-corrected chi connectivity index (χ4v) is 3.48. The van der Waals surface area contributed by atoms with E-state index < -0.39 is 0 Å². The molecule has 0 aromatic carbocycles. The maximum absolute atomic E-state index is 13.0. The number of hydrogen-bond acceptors (Lipinski definition) is 6. The molecule has 0 radical (unpaired) electrons. The summed E-state index contributed by atoms with van der Waals surface area (Å²) in [5, 5.41) is 1.88.